The number of hydrogen-bond donors (Lipinski definition) is 2. The zero-order chi connectivity index (χ0) is 18.2. The van der Waals surface area contributed by atoms with Gasteiger partial charge in [-0.1, -0.05) is 20.8 Å². The number of ether oxygens (including phenoxy) is 1. The predicted octanol–water partition coefficient (Wildman–Crippen LogP) is 0.934. The molecule has 3 unspecified atom stereocenters. The Morgan fingerprint density at radius 2 is 1.87 bits per heavy atom. The number of sulfonamides is 1. The summed E-state index contributed by atoms with van der Waals surface area (Å²) >= 11 is 0. The van der Waals surface area contributed by atoms with E-state index in [1.54, 1.807) is 7.11 Å². The fraction of sp³-hybridized carbons (Fsp3) is 0.929. The molecule has 0 radical (unpaired) electrons. The van der Waals surface area contributed by atoms with Crippen LogP contribution in [0.2, 0.25) is 0 Å². The summed E-state index contributed by atoms with van der Waals surface area (Å²) < 4.78 is 31.3. The van der Waals surface area contributed by atoms with Crippen molar-refractivity contribution < 1.29 is 22.8 Å². The van der Waals surface area contributed by atoms with Gasteiger partial charge in [0.05, 0.1) is 25.5 Å². The lowest BCUT2D eigenvalue weighted by Gasteiger charge is -2.34. The number of amides is 2. The molecule has 23 heavy (non-hydrogen) atoms. The number of methoxy groups -OCH3 is 1. The second-order valence-electron chi connectivity index (χ2n) is 6.00. The molecule has 0 rings (SSSR count). The lowest BCUT2D eigenvalue weighted by Crippen LogP contribution is -2.50. The highest BCUT2D eigenvalue weighted by molar-refractivity contribution is 7.88. The molecule has 0 aromatic heterocycles. The van der Waals surface area contributed by atoms with E-state index in [0.29, 0.717) is 13.0 Å². The van der Waals surface area contributed by atoms with Crippen LogP contribution in [0.4, 0.5) is 4.79 Å². The zero-order valence-electron chi connectivity index (χ0n) is 14.9. The molecule has 0 bridgehead atoms. The molecule has 2 amide bonds. The smallest absolute Gasteiger partial charge is 0.338 e. The Bertz CT molecular complexity index is 455. The number of nitrogens with two attached hydrogens (primary N) is 1. The monoisotopic (exact) mass is 353 g/mol. The Balaban J connectivity index is 5.20. The maximum Gasteiger partial charge on any atom is 0.338 e. The van der Waals surface area contributed by atoms with Crippen LogP contribution in [0.15, 0.2) is 0 Å². The third-order valence-electron chi connectivity index (χ3n) is 3.60. The van der Waals surface area contributed by atoms with Crippen molar-refractivity contribution in [2.45, 2.75) is 46.3 Å². The number of carbonyl (C=O) groups is 1. The molecule has 0 saturated heterocycles. The molecule has 9 heteroatoms. The average molecular weight is 353 g/mol. The Morgan fingerprint density at radius 1 is 1.30 bits per heavy atom. The summed E-state index contributed by atoms with van der Waals surface area (Å²) in [5.41, 5.74) is 5.27. The first kappa shape index (κ1) is 22.1. The maximum atomic E-state index is 11.6. The van der Waals surface area contributed by atoms with Gasteiger partial charge in [0.2, 0.25) is 10.0 Å². The van der Waals surface area contributed by atoms with Gasteiger partial charge in [0.25, 0.3) is 0 Å². The molecule has 0 aromatic carbocycles. The maximum absolute atomic E-state index is 11.6. The first-order chi connectivity index (χ1) is 10.5. The van der Waals surface area contributed by atoms with Crippen molar-refractivity contribution in [3.63, 3.8) is 0 Å². The Kier molecular flexibility index (Phi) is 9.67. The van der Waals surface area contributed by atoms with E-state index < -0.39 is 22.1 Å². The number of primary amides is 1. The van der Waals surface area contributed by atoms with Gasteiger partial charge in [-0.15, -0.1) is 0 Å². The predicted molar refractivity (Wildman–Crippen MR) is 89.1 cm³/mol. The molecule has 0 aromatic rings. The first-order valence-electron chi connectivity index (χ1n) is 7.73. The summed E-state index contributed by atoms with van der Waals surface area (Å²) in [7, 11) is -1.84. The Hall–Kier alpha value is -0.900. The molecule has 0 aliphatic rings. The standard InChI is InChI=1S/C14H31N3O5S/c1-7-8-17(14(15)18)22-9-12(11(4)21-5)13(10(2)3)16-23(6,19)20/h10-13,16H,7-9H2,1-6H3,(H2,15,18). The van der Waals surface area contributed by atoms with Gasteiger partial charge in [0.1, 0.15) is 0 Å². The molecule has 0 saturated carbocycles. The number of rotatable bonds is 11. The molecular formula is C14H31N3O5S. The molecule has 8 nitrogen and oxygen atoms in total. The minimum atomic E-state index is -3.39. The lowest BCUT2D eigenvalue weighted by molar-refractivity contribution is -0.144. The van der Waals surface area contributed by atoms with E-state index >= 15 is 0 Å². The molecule has 0 aliphatic carbocycles. The highest BCUT2D eigenvalue weighted by Gasteiger charge is 2.32. The van der Waals surface area contributed by atoms with Crippen molar-refractivity contribution in [2.75, 3.05) is 26.5 Å². The van der Waals surface area contributed by atoms with Crippen molar-refractivity contribution in [2.24, 2.45) is 17.6 Å². The van der Waals surface area contributed by atoms with E-state index in [-0.39, 0.29) is 24.5 Å². The lowest BCUT2D eigenvalue weighted by atomic mass is 9.88. The summed E-state index contributed by atoms with van der Waals surface area (Å²) in [4.78, 5) is 16.9. The van der Waals surface area contributed by atoms with Crippen molar-refractivity contribution in [3.05, 3.63) is 0 Å². The van der Waals surface area contributed by atoms with Gasteiger partial charge in [-0.05, 0) is 19.3 Å². The highest BCUT2D eigenvalue weighted by atomic mass is 32.2. The molecule has 0 fully saturated rings. The van der Waals surface area contributed by atoms with E-state index in [4.69, 9.17) is 15.3 Å². The molecule has 0 heterocycles. The third-order valence-corrected chi connectivity index (χ3v) is 4.30. The topological polar surface area (TPSA) is 111 Å². The normalized spacial score (nSPS) is 16.1. The van der Waals surface area contributed by atoms with Crippen LogP contribution < -0.4 is 10.5 Å². The number of hydrogen-bond acceptors (Lipinski definition) is 5. The SMILES string of the molecule is CCCN(OCC(C(C)OC)C(NS(C)(=O)=O)C(C)C)C(N)=O. The number of carbonyl (C=O) groups excluding carboxylic acids is 1. The van der Waals surface area contributed by atoms with Crippen LogP contribution >= 0.6 is 0 Å². The Morgan fingerprint density at radius 3 is 2.22 bits per heavy atom. The van der Waals surface area contributed by atoms with E-state index in [1.807, 2.05) is 27.7 Å². The molecule has 0 spiro atoms. The van der Waals surface area contributed by atoms with Crippen molar-refractivity contribution in [1.82, 2.24) is 9.79 Å². The summed E-state index contributed by atoms with van der Waals surface area (Å²) in [6.45, 7) is 8.04. The second-order valence-corrected chi connectivity index (χ2v) is 7.78. The quantitative estimate of drug-likeness (QED) is 0.537. The summed E-state index contributed by atoms with van der Waals surface area (Å²) in [5.74, 6) is -0.266. The minimum Gasteiger partial charge on any atom is -0.381 e. The average Bonchev–Trinajstić information content (AvgIpc) is 2.42. The van der Waals surface area contributed by atoms with Gasteiger partial charge in [-0.3, -0.25) is 4.84 Å². The van der Waals surface area contributed by atoms with Crippen LogP contribution in [-0.2, 0) is 19.6 Å². The van der Waals surface area contributed by atoms with Crippen molar-refractivity contribution in [1.29, 1.82) is 0 Å². The highest BCUT2D eigenvalue weighted by Crippen LogP contribution is 2.20. The largest absolute Gasteiger partial charge is 0.381 e. The number of nitrogens with zero attached hydrogens (tertiary/aromatic N) is 1. The van der Waals surface area contributed by atoms with Crippen LogP contribution in [0.25, 0.3) is 0 Å². The van der Waals surface area contributed by atoms with Gasteiger partial charge in [-0.25, -0.2) is 23.0 Å². The molecule has 3 N–H and O–H groups in total. The van der Waals surface area contributed by atoms with Gasteiger partial charge in [0.15, 0.2) is 0 Å². The van der Waals surface area contributed by atoms with E-state index in [0.717, 1.165) is 11.3 Å². The van der Waals surface area contributed by atoms with Crippen molar-refractivity contribution in [3.8, 4) is 0 Å². The van der Waals surface area contributed by atoms with Crippen LogP contribution in [0.3, 0.4) is 0 Å². The fourth-order valence-electron chi connectivity index (χ4n) is 2.29. The zero-order valence-corrected chi connectivity index (χ0v) is 15.7. The summed E-state index contributed by atoms with van der Waals surface area (Å²) in [6.07, 6.45) is 1.54. The van der Waals surface area contributed by atoms with E-state index in [2.05, 4.69) is 4.72 Å². The summed E-state index contributed by atoms with van der Waals surface area (Å²) in [5, 5.41) is 1.09. The Labute approximate surface area is 139 Å². The molecule has 3 atom stereocenters. The minimum absolute atomic E-state index is 0.0177. The van der Waals surface area contributed by atoms with Crippen LogP contribution in [0, 0.1) is 11.8 Å². The number of urea groups is 1. The third kappa shape index (κ3) is 8.50. The number of nitrogens with one attached hydrogen (secondary N) is 1. The molecule has 138 valence electrons. The van der Waals surface area contributed by atoms with Crippen LogP contribution in [0.1, 0.15) is 34.1 Å². The van der Waals surface area contributed by atoms with Gasteiger partial charge < -0.3 is 10.5 Å². The van der Waals surface area contributed by atoms with Gasteiger partial charge >= 0.3 is 6.03 Å². The van der Waals surface area contributed by atoms with Crippen LogP contribution in [-0.4, -0.2) is 58.2 Å². The molecule has 0 aliphatic heterocycles. The van der Waals surface area contributed by atoms with Crippen LogP contribution in [0.5, 0.6) is 0 Å². The van der Waals surface area contributed by atoms with E-state index in [9.17, 15) is 13.2 Å². The van der Waals surface area contributed by atoms with Gasteiger partial charge in [-0.2, -0.15) is 0 Å². The fourth-order valence-corrected chi connectivity index (χ4v) is 3.23. The first-order valence-corrected chi connectivity index (χ1v) is 9.62. The summed E-state index contributed by atoms with van der Waals surface area (Å²) in [6, 6.07) is -1.07. The second kappa shape index (κ2) is 10.1. The van der Waals surface area contributed by atoms with Crippen molar-refractivity contribution >= 4 is 16.1 Å². The number of hydroxylamine groups is 2. The molecular weight excluding hydrogens is 322 g/mol. The van der Waals surface area contributed by atoms with E-state index in [1.165, 1.54) is 0 Å². The van der Waals surface area contributed by atoms with Gasteiger partial charge in [0, 0.05) is 19.1 Å².